The molecule has 0 aromatic heterocycles. The number of carbonyl (C=O) groups excluding carboxylic acids is 2. The van der Waals surface area contributed by atoms with Crippen LogP contribution in [-0.4, -0.2) is 37.6 Å². The van der Waals surface area contributed by atoms with Crippen LogP contribution >= 0.6 is 0 Å². The number of nitrogens with one attached hydrogen (secondary N) is 1. The van der Waals surface area contributed by atoms with E-state index in [1.807, 2.05) is 12.1 Å². The van der Waals surface area contributed by atoms with E-state index in [1.165, 1.54) is 29.4 Å². The van der Waals surface area contributed by atoms with E-state index in [0.29, 0.717) is 18.5 Å². The number of fused-ring (bicyclic) bond motifs is 3. The van der Waals surface area contributed by atoms with Gasteiger partial charge >= 0.3 is 5.97 Å². The molecule has 5 heteroatoms. The van der Waals surface area contributed by atoms with Crippen LogP contribution in [0.3, 0.4) is 0 Å². The Morgan fingerprint density at radius 3 is 2.27 bits per heavy atom. The quantitative estimate of drug-likeness (QED) is 0.465. The average Bonchev–Trinajstić information content (AvgIpc) is 3.09. The van der Waals surface area contributed by atoms with Crippen molar-refractivity contribution in [3.8, 4) is 11.1 Å². The fraction of sp³-hybridized carbons (Fsp3) is 0.360. The SMILES string of the molecule is C=C1C(=O)[C@](C)(C(=O)OC)[C@@H](CCNC2c3ccccc3-c3ccccc32)O[C@H]1C. The molecule has 1 heterocycles. The minimum atomic E-state index is -1.38. The summed E-state index contributed by atoms with van der Waals surface area (Å²) in [5, 5.41) is 3.61. The predicted octanol–water partition coefficient (Wildman–Crippen LogP) is 3.83. The Morgan fingerprint density at radius 2 is 1.70 bits per heavy atom. The molecule has 4 rings (SSSR count). The lowest BCUT2D eigenvalue weighted by Crippen LogP contribution is -2.55. The molecule has 1 aliphatic carbocycles. The molecule has 1 N–H and O–H groups in total. The molecule has 0 amide bonds. The summed E-state index contributed by atoms with van der Waals surface area (Å²) in [6.07, 6.45) is -0.513. The molecule has 2 aromatic carbocycles. The number of carbonyl (C=O) groups is 2. The molecule has 5 nitrogen and oxygen atoms in total. The Balaban J connectivity index is 1.54. The van der Waals surface area contributed by atoms with Gasteiger partial charge < -0.3 is 14.8 Å². The molecule has 2 aromatic rings. The smallest absolute Gasteiger partial charge is 0.322 e. The van der Waals surface area contributed by atoms with Crippen LogP contribution in [0.2, 0.25) is 0 Å². The van der Waals surface area contributed by atoms with Gasteiger partial charge in [-0.05, 0) is 49.1 Å². The molecule has 3 atom stereocenters. The normalized spacial score (nSPS) is 25.7. The maximum atomic E-state index is 12.9. The van der Waals surface area contributed by atoms with E-state index in [9.17, 15) is 9.59 Å². The number of methoxy groups -OCH3 is 1. The standard InChI is InChI=1S/C25H27NO4/c1-15-16(2)30-21(25(3,23(15)27)24(28)29-4)13-14-26-22-19-11-7-5-9-17(19)18-10-6-8-12-20(18)22/h5-12,16,21-22,26H,1,13-14H2,2-4H3/t16-,21+,25+/m0/s1. The predicted molar refractivity (Wildman–Crippen MR) is 115 cm³/mol. The molecule has 0 saturated carbocycles. The van der Waals surface area contributed by atoms with E-state index >= 15 is 0 Å². The number of hydrogen-bond donors (Lipinski definition) is 1. The van der Waals surface area contributed by atoms with Gasteiger partial charge in [-0.1, -0.05) is 55.1 Å². The van der Waals surface area contributed by atoms with E-state index in [4.69, 9.17) is 9.47 Å². The van der Waals surface area contributed by atoms with Gasteiger partial charge in [0.15, 0.2) is 11.2 Å². The molecule has 156 valence electrons. The summed E-state index contributed by atoms with van der Waals surface area (Å²) >= 11 is 0. The molecule has 30 heavy (non-hydrogen) atoms. The summed E-state index contributed by atoms with van der Waals surface area (Å²) in [6.45, 7) is 7.79. The second-order valence-electron chi connectivity index (χ2n) is 8.17. The van der Waals surface area contributed by atoms with Crippen LogP contribution < -0.4 is 5.32 Å². The van der Waals surface area contributed by atoms with Crippen LogP contribution in [0.1, 0.15) is 37.4 Å². The number of ether oxygens (including phenoxy) is 2. The van der Waals surface area contributed by atoms with Crippen molar-refractivity contribution in [3.05, 3.63) is 71.8 Å². The molecule has 1 fully saturated rings. The first-order chi connectivity index (χ1) is 14.4. The number of Topliss-reactive ketones (excluding diaryl/α,β-unsaturated/α-hetero) is 1. The lowest BCUT2D eigenvalue weighted by molar-refractivity contribution is -0.175. The van der Waals surface area contributed by atoms with E-state index in [2.05, 4.69) is 48.3 Å². The number of ketones is 1. The fourth-order valence-electron chi connectivity index (χ4n) is 4.66. The summed E-state index contributed by atoms with van der Waals surface area (Å²) in [7, 11) is 1.30. The number of benzene rings is 2. The number of esters is 1. The van der Waals surface area contributed by atoms with Crippen LogP contribution in [0.4, 0.5) is 0 Å². The Hall–Kier alpha value is -2.76. The highest BCUT2D eigenvalue weighted by atomic mass is 16.5. The third-order valence-electron chi connectivity index (χ3n) is 6.46. The zero-order valence-corrected chi connectivity index (χ0v) is 17.6. The van der Waals surface area contributed by atoms with E-state index < -0.39 is 23.6 Å². The van der Waals surface area contributed by atoms with Crippen LogP contribution in [0.15, 0.2) is 60.7 Å². The van der Waals surface area contributed by atoms with Gasteiger partial charge in [0, 0.05) is 5.57 Å². The third kappa shape index (κ3) is 3.09. The first-order valence-corrected chi connectivity index (χ1v) is 10.3. The summed E-state index contributed by atoms with van der Waals surface area (Å²) in [4.78, 5) is 25.4. The first kappa shape index (κ1) is 20.5. The van der Waals surface area contributed by atoms with Gasteiger partial charge in [-0.2, -0.15) is 0 Å². The van der Waals surface area contributed by atoms with E-state index in [0.717, 1.165) is 0 Å². The molecule has 1 saturated heterocycles. The van der Waals surface area contributed by atoms with Gasteiger partial charge in [0.1, 0.15) is 0 Å². The summed E-state index contributed by atoms with van der Waals surface area (Å²) in [6, 6.07) is 16.8. The number of rotatable bonds is 5. The Labute approximate surface area is 177 Å². The van der Waals surface area contributed by atoms with E-state index in [-0.39, 0.29) is 11.8 Å². The van der Waals surface area contributed by atoms with Gasteiger partial charge in [0.25, 0.3) is 0 Å². The van der Waals surface area contributed by atoms with Crippen LogP contribution in [-0.2, 0) is 19.1 Å². The van der Waals surface area contributed by atoms with Gasteiger partial charge in [0.2, 0.25) is 0 Å². The monoisotopic (exact) mass is 405 g/mol. The molecule has 0 unspecified atom stereocenters. The molecule has 0 spiro atoms. The Bertz CT molecular complexity index is 968. The van der Waals surface area contributed by atoms with Crippen molar-refractivity contribution in [2.75, 3.05) is 13.7 Å². The van der Waals surface area contributed by atoms with Crippen LogP contribution in [0.25, 0.3) is 11.1 Å². The summed E-state index contributed by atoms with van der Waals surface area (Å²) in [5.74, 6) is -0.878. The molecule has 0 bridgehead atoms. The highest BCUT2D eigenvalue weighted by molar-refractivity contribution is 6.13. The van der Waals surface area contributed by atoms with Gasteiger partial charge in [-0.25, -0.2) is 0 Å². The zero-order chi connectivity index (χ0) is 21.5. The molecule has 0 radical (unpaired) electrons. The van der Waals surface area contributed by atoms with Crippen molar-refractivity contribution >= 4 is 11.8 Å². The molecular formula is C25H27NO4. The van der Waals surface area contributed by atoms with Crippen molar-refractivity contribution in [1.82, 2.24) is 5.32 Å². The Kier molecular flexibility index (Phi) is 5.35. The Morgan fingerprint density at radius 1 is 1.13 bits per heavy atom. The minimum Gasteiger partial charge on any atom is -0.468 e. The lowest BCUT2D eigenvalue weighted by atomic mass is 9.73. The van der Waals surface area contributed by atoms with Crippen molar-refractivity contribution in [2.24, 2.45) is 5.41 Å². The van der Waals surface area contributed by atoms with Crippen LogP contribution in [0.5, 0.6) is 0 Å². The summed E-state index contributed by atoms with van der Waals surface area (Å²) < 4.78 is 11.0. The topological polar surface area (TPSA) is 64.6 Å². The molecule has 1 aliphatic heterocycles. The lowest BCUT2D eigenvalue weighted by Gasteiger charge is -2.41. The third-order valence-corrected chi connectivity index (χ3v) is 6.46. The van der Waals surface area contributed by atoms with Crippen molar-refractivity contribution in [3.63, 3.8) is 0 Å². The minimum absolute atomic E-state index is 0.0634. The summed E-state index contributed by atoms with van der Waals surface area (Å²) in [5.41, 5.74) is 3.86. The van der Waals surface area contributed by atoms with Gasteiger partial charge in [0.05, 0.1) is 25.4 Å². The first-order valence-electron chi connectivity index (χ1n) is 10.3. The number of hydrogen-bond acceptors (Lipinski definition) is 5. The van der Waals surface area contributed by atoms with Crippen LogP contribution in [0, 0.1) is 5.41 Å². The highest BCUT2D eigenvalue weighted by Gasteiger charge is 2.54. The van der Waals surface area contributed by atoms with Crippen molar-refractivity contribution < 1.29 is 19.1 Å². The molecule has 2 aliphatic rings. The second-order valence-corrected chi connectivity index (χ2v) is 8.17. The van der Waals surface area contributed by atoms with Gasteiger partial charge in [-0.15, -0.1) is 0 Å². The average molecular weight is 405 g/mol. The highest BCUT2D eigenvalue weighted by Crippen LogP contribution is 2.43. The fourth-order valence-corrected chi connectivity index (χ4v) is 4.66. The van der Waals surface area contributed by atoms with Gasteiger partial charge in [-0.3, -0.25) is 9.59 Å². The second kappa shape index (κ2) is 7.82. The maximum Gasteiger partial charge on any atom is 0.322 e. The molecular weight excluding hydrogens is 378 g/mol. The van der Waals surface area contributed by atoms with E-state index in [1.54, 1.807) is 13.8 Å². The maximum absolute atomic E-state index is 12.9. The largest absolute Gasteiger partial charge is 0.468 e. The zero-order valence-electron chi connectivity index (χ0n) is 17.6. The van der Waals surface area contributed by atoms with Crippen molar-refractivity contribution in [2.45, 2.75) is 38.5 Å². The van der Waals surface area contributed by atoms with Crippen molar-refractivity contribution in [1.29, 1.82) is 0 Å².